The van der Waals surface area contributed by atoms with Crippen LogP contribution in [0.5, 0.6) is 0 Å². The Morgan fingerprint density at radius 2 is 2.13 bits per heavy atom. The predicted molar refractivity (Wildman–Crippen MR) is 84.7 cm³/mol. The van der Waals surface area contributed by atoms with E-state index in [1.54, 1.807) is 13.8 Å². The van der Waals surface area contributed by atoms with Crippen LogP contribution < -0.4 is 0 Å². The maximum absolute atomic E-state index is 12.3. The Morgan fingerprint density at radius 3 is 2.70 bits per heavy atom. The van der Waals surface area contributed by atoms with Crippen LogP contribution in [0.4, 0.5) is 0 Å². The van der Waals surface area contributed by atoms with Crippen molar-refractivity contribution in [1.82, 2.24) is 4.90 Å². The first-order chi connectivity index (χ1) is 10.9. The summed E-state index contributed by atoms with van der Waals surface area (Å²) < 4.78 is 4.74. The van der Waals surface area contributed by atoms with Gasteiger partial charge < -0.3 is 20.0 Å². The van der Waals surface area contributed by atoms with Gasteiger partial charge in [0.15, 0.2) is 5.71 Å². The summed E-state index contributed by atoms with van der Waals surface area (Å²) in [6, 6.07) is -0.746. The summed E-state index contributed by atoms with van der Waals surface area (Å²) in [5, 5.41) is 20.8. The summed E-state index contributed by atoms with van der Waals surface area (Å²) in [6.45, 7) is 4.00. The number of carboxylic acid groups (broad SMARTS) is 1. The van der Waals surface area contributed by atoms with Gasteiger partial charge in [0.2, 0.25) is 5.91 Å². The zero-order chi connectivity index (χ0) is 17.4. The molecule has 0 aromatic carbocycles. The normalized spacial score (nSPS) is 19.5. The summed E-state index contributed by atoms with van der Waals surface area (Å²) >= 11 is 1.26. The molecule has 1 fully saturated rings. The quantitative estimate of drug-likeness (QED) is 0.289. The van der Waals surface area contributed by atoms with Crippen LogP contribution in [0.25, 0.3) is 0 Å². The van der Waals surface area contributed by atoms with Gasteiger partial charge in [0.1, 0.15) is 6.04 Å². The van der Waals surface area contributed by atoms with Crippen LogP contribution in [0.1, 0.15) is 26.7 Å². The molecule has 1 amide bonds. The van der Waals surface area contributed by atoms with Crippen LogP contribution in [0.2, 0.25) is 0 Å². The number of amides is 1. The van der Waals surface area contributed by atoms with E-state index < -0.39 is 18.0 Å². The summed E-state index contributed by atoms with van der Waals surface area (Å²) in [5.41, 5.74) is -0.110. The van der Waals surface area contributed by atoms with Crippen molar-refractivity contribution in [1.29, 1.82) is 0 Å². The summed E-state index contributed by atoms with van der Waals surface area (Å²) in [5.74, 6) is -1.75. The molecule has 8 nitrogen and oxygen atoms in total. The largest absolute Gasteiger partial charge is 0.480 e. The number of nitrogens with zero attached hydrogens (tertiary/aromatic N) is 2. The van der Waals surface area contributed by atoms with Gasteiger partial charge in [-0.2, -0.15) is 11.8 Å². The number of ether oxygens (including phenoxy) is 1. The number of oxime groups is 1. The summed E-state index contributed by atoms with van der Waals surface area (Å²) in [6.07, 6.45) is 1.16. The van der Waals surface area contributed by atoms with Gasteiger partial charge in [-0.25, -0.2) is 9.59 Å². The second-order valence-electron chi connectivity index (χ2n) is 5.21. The number of carbonyl (C=O) groups excluding carboxylic acids is 2. The molecule has 2 atom stereocenters. The molecule has 9 heteroatoms. The molecule has 1 heterocycles. The van der Waals surface area contributed by atoms with E-state index in [0.717, 1.165) is 0 Å². The second kappa shape index (κ2) is 9.39. The van der Waals surface area contributed by atoms with Crippen molar-refractivity contribution < 1.29 is 29.4 Å². The Balaban J connectivity index is 2.47. The van der Waals surface area contributed by atoms with Gasteiger partial charge in [-0.05, 0) is 19.8 Å². The molecule has 1 rings (SSSR count). The molecule has 0 bridgehead atoms. The Kier molecular flexibility index (Phi) is 7.87. The predicted octanol–water partition coefficient (Wildman–Crippen LogP) is 0.825. The molecule has 0 spiro atoms. The lowest BCUT2D eigenvalue weighted by molar-refractivity contribution is -0.149. The molecular formula is C14H22N2O6S. The monoisotopic (exact) mass is 346 g/mol. The molecular weight excluding hydrogens is 324 g/mol. The lowest BCUT2D eigenvalue weighted by Crippen LogP contribution is -2.43. The molecule has 0 aromatic rings. The second-order valence-corrected chi connectivity index (χ2v) is 6.24. The van der Waals surface area contributed by atoms with Gasteiger partial charge in [-0.3, -0.25) is 4.79 Å². The van der Waals surface area contributed by atoms with Crippen molar-refractivity contribution in [3.63, 3.8) is 0 Å². The van der Waals surface area contributed by atoms with E-state index in [4.69, 9.17) is 15.1 Å². The number of esters is 1. The topological polar surface area (TPSA) is 117 Å². The van der Waals surface area contributed by atoms with Crippen LogP contribution in [-0.4, -0.2) is 69.5 Å². The van der Waals surface area contributed by atoms with E-state index in [1.165, 1.54) is 16.7 Å². The zero-order valence-corrected chi connectivity index (χ0v) is 14.0. The SMILES string of the molecule is CCOC(=O)C(CSCC(C)C(=O)N1CCCC1C(=O)O)=NO. The number of carbonyl (C=O) groups is 3. The van der Waals surface area contributed by atoms with E-state index in [-0.39, 0.29) is 29.9 Å². The highest BCUT2D eigenvalue weighted by atomic mass is 32.2. The smallest absolute Gasteiger partial charge is 0.356 e. The Hall–Kier alpha value is -1.77. The van der Waals surface area contributed by atoms with Crippen molar-refractivity contribution >= 4 is 35.3 Å². The van der Waals surface area contributed by atoms with Crippen molar-refractivity contribution in [3.8, 4) is 0 Å². The molecule has 0 aromatic heterocycles. The van der Waals surface area contributed by atoms with Gasteiger partial charge in [0.25, 0.3) is 0 Å². The minimum atomic E-state index is -0.979. The number of likely N-dealkylation sites (tertiary alicyclic amines) is 1. The van der Waals surface area contributed by atoms with Gasteiger partial charge in [-0.1, -0.05) is 12.1 Å². The first-order valence-electron chi connectivity index (χ1n) is 7.41. The van der Waals surface area contributed by atoms with Gasteiger partial charge in [0.05, 0.1) is 6.61 Å². The molecule has 2 N–H and O–H groups in total. The number of thioether (sulfide) groups is 1. The lowest BCUT2D eigenvalue weighted by Gasteiger charge is -2.24. The van der Waals surface area contributed by atoms with Crippen molar-refractivity contribution in [2.75, 3.05) is 24.7 Å². The average molecular weight is 346 g/mol. The number of hydrogen-bond acceptors (Lipinski definition) is 7. The first kappa shape index (κ1) is 19.3. The third kappa shape index (κ3) is 5.42. The standard InChI is InChI=1S/C14H22N2O6S/c1-3-22-14(20)10(15-21)8-23-7-9(2)12(17)16-6-4-5-11(16)13(18)19/h9,11,21H,3-8H2,1-2H3,(H,18,19). The lowest BCUT2D eigenvalue weighted by atomic mass is 10.1. The fraction of sp³-hybridized carbons (Fsp3) is 0.714. The molecule has 0 saturated carbocycles. The number of carboxylic acids is 1. The molecule has 0 radical (unpaired) electrons. The van der Waals surface area contributed by atoms with Gasteiger partial charge in [-0.15, -0.1) is 0 Å². The Labute approximate surface area is 138 Å². The van der Waals surface area contributed by atoms with Crippen molar-refractivity contribution in [2.24, 2.45) is 11.1 Å². The molecule has 0 aliphatic carbocycles. The summed E-state index contributed by atoms with van der Waals surface area (Å²) in [7, 11) is 0. The Bertz CT molecular complexity index is 482. The van der Waals surface area contributed by atoms with E-state index in [2.05, 4.69) is 5.16 Å². The van der Waals surface area contributed by atoms with E-state index >= 15 is 0 Å². The first-order valence-corrected chi connectivity index (χ1v) is 8.56. The number of rotatable bonds is 8. The molecule has 130 valence electrons. The molecule has 1 aliphatic rings. The van der Waals surface area contributed by atoms with E-state index in [0.29, 0.717) is 25.1 Å². The van der Waals surface area contributed by atoms with Gasteiger partial charge in [0, 0.05) is 24.0 Å². The van der Waals surface area contributed by atoms with Crippen LogP contribution in [0.15, 0.2) is 5.16 Å². The minimum absolute atomic E-state index is 0.110. The maximum atomic E-state index is 12.3. The number of hydrogen-bond donors (Lipinski definition) is 2. The molecule has 23 heavy (non-hydrogen) atoms. The fourth-order valence-electron chi connectivity index (χ4n) is 2.32. The van der Waals surface area contributed by atoms with Crippen LogP contribution in [0.3, 0.4) is 0 Å². The highest BCUT2D eigenvalue weighted by molar-refractivity contribution is 8.00. The Morgan fingerprint density at radius 1 is 1.43 bits per heavy atom. The van der Waals surface area contributed by atoms with Crippen molar-refractivity contribution in [3.05, 3.63) is 0 Å². The van der Waals surface area contributed by atoms with Crippen LogP contribution in [0, 0.1) is 5.92 Å². The summed E-state index contributed by atoms with van der Waals surface area (Å²) in [4.78, 5) is 36.3. The van der Waals surface area contributed by atoms with Crippen molar-refractivity contribution in [2.45, 2.75) is 32.7 Å². The van der Waals surface area contributed by atoms with Crippen LogP contribution in [-0.2, 0) is 19.1 Å². The van der Waals surface area contributed by atoms with E-state index in [1.807, 2.05) is 0 Å². The zero-order valence-electron chi connectivity index (χ0n) is 13.2. The number of aliphatic carboxylic acids is 1. The molecule has 1 saturated heterocycles. The fourth-order valence-corrected chi connectivity index (χ4v) is 3.30. The maximum Gasteiger partial charge on any atom is 0.356 e. The molecule has 2 unspecified atom stereocenters. The highest BCUT2D eigenvalue weighted by Crippen LogP contribution is 2.21. The third-order valence-corrected chi connectivity index (χ3v) is 4.69. The highest BCUT2D eigenvalue weighted by Gasteiger charge is 2.35. The minimum Gasteiger partial charge on any atom is -0.480 e. The third-order valence-electron chi connectivity index (χ3n) is 3.48. The molecule has 1 aliphatic heterocycles. The van der Waals surface area contributed by atoms with Crippen LogP contribution >= 0.6 is 11.8 Å². The average Bonchev–Trinajstić information content (AvgIpc) is 3.00. The van der Waals surface area contributed by atoms with Gasteiger partial charge >= 0.3 is 11.9 Å². The van der Waals surface area contributed by atoms with E-state index in [9.17, 15) is 14.4 Å².